The number of hydrogen-bond donors (Lipinski definition) is 0. The fourth-order valence-corrected chi connectivity index (χ4v) is 4.69. The molecule has 0 amide bonds. The highest BCUT2D eigenvalue weighted by molar-refractivity contribution is 7.22. The topological polar surface area (TPSA) is 58.3 Å². The number of nitrogens with zero attached hydrogens (tertiary/aromatic N) is 5. The maximum Gasteiger partial charge on any atom is 0.244 e. The summed E-state index contributed by atoms with van der Waals surface area (Å²) in [6, 6.07) is 16.6. The van der Waals surface area contributed by atoms with E-state index in [0.717, 1.165) is 42.4 Å². The summed E-state index contributed by atoms with van der Waals surface area (Å²) in [5.74, 6) is 1.33. The smallest absolute Gasteiger partial charge is 0.244 e. The lowest BCUT2D eigenvalue weighted by Gasteiger charge is -2.36. The zero-order valence-electron chi connectivity index (χ0n) is 16.6. The third-order valence-corrected chi connectivity index (χ3v) is 6.62. The molecule has 7 heteroatoms. The van der Waals surface area contributed by atoms with E-state index in [1.54, 1.807) is 11.3 Å². The summed E-state index contributed by atoms with van der Waals surface area (Å²) in [6.45, 7) is 7.99. The predicted octanol–water partition coefficient (Wildman–Crippen LogP) is 4.54. The molecule has 2 aromatic heterocycles. The molecule has 1 atom stereocenters. The normalized spacial score (nSPS) is 16.4. The van der Waals surface area contributed by atoms with E-state index in [1.165, 1.54) is 10.3 Å². The van der Waals surface area contributed by atoms with Gasteiger partial charge in [-0.3, -0.25) is 4.90 Å². The highest BCUT2D eigenvalue weighted by Crippen LogP contribution is 2.30. The molecule has 6 nitrogen and oxygen atoms in total. The maximum atomic E-state index is 5.59. The summed E-state index contributed by atoms with van der Waals surface area (Å²) in [4.78, 5) is 14.2. The first-order valence-corrected chi connectivity index (χ1v) is 10.7. The van der Waals surface area contributed by atoms with Crippen molar-refractivity contribution in [1.29, 1.82) is 0 Å². The lowest BCUT2D eigenvalue weighted by molar-refractivity contribution is 0.164. The zero-order valence-corrected chi connectivity index (χ0v) is 17.4. The Bertz CT molecular complexity index is 1080. The summed E-state index contributed by atoms with van der Waals surface area (Å²) in [5, 5.41) is 5.30. The van der Waals surface area contributed by atoms with E-state index in [2.05, 4.69) is 64.1 Å². The quantitative estimate of drug-likeness (QED) is 0.497. The molecule has 0 unspecified atom stereocenters. The second-order valence-corrected chi connectivity index (χ2v) is 8.49. The second-order valence-electron chi connectivity index (χ2n) is 7.49. The largest absolute Gasteiger partial charge is 0.345 e. The van der Waals surface area contributed by atoms with Crippen molar-refractivity contribution in [3.63, 3.8) is 0 Å². The molecule has 0 radical (unpaired) electrons. The van der Waals surface area contributed by atoms with Crippen LogP contribution < -0.4 is 4.90 Å². The molecule has 1 saturated heterocycles. The van der Waals surface area contributed by atoms with Crippen LogP contribution in [0.3, 0.4) is 0 Å². The molecule has 0 spiro atoms. The SMILES string of the molecule is Cc1ccc(-c2noc([C@H](C)N3CCN(c4nc5ccccc5s4)CC3)n2)cc1. The van der Waals surface area contributed by atoms with Crippen LogP contribution in [0.1, 0.15) is 24.4 Å². The van der Waals surface area contributed by atoms with Crippen LogP contribution in [0, 0.1) is 6.92 Å². The second kappa shape index (κ2) is 7.57. The van der Waals surface area contributed by atoms with Crippen molar-refractivity contribution in [3.05, 3.63) is 60.0 Å². The average Bonchev–Trinajstić information content (AvgIpc) is 3.41. The molecule has 2 aromatic carbocycles. The fraction of sp³-hybridized carbons (Fsp3) is 0.318. The number of benzene rings is 2. The van der Waals surface area contributed by atoms with Crippen LogP contribution >= 0.6 is 11.3 Å². The molecule has 29 heavy (non-hydrogen) atoms. The number of aryl methyl sites for hydroxylation is 1. The van der Waals surface area contributed by atoms with Crippen molar-refractivity contribution in [2.45, 2.75) is 19.9 Å². The summed E-state index contributed by atoms with van der Waals surface area (Å²) in [7, 11) is 0. The van der Waals surface area contributed by atoms with Crippen molar-refractivity contribution >= 4 is 26.7 Å². The number of anilines is 1. The van der Waals surface area contributed by atoms with Gasteiger partial charge in [0.2, 0.25) is 11.7 Å². The van der Waals surface area contributed by atoms with Gasteiger partial charge in [0, 0.05) is 31.7 Å². The third kappa shape index (κ3) is 3.63. The molecule has 0 aliphatic carbocycles. The van der Waals surface area contributed by atoms with Crippen molar-refractivity contribution in [3.8, 4) is 11.4 Å². The number of piperazine rings is 1. The first kappa shape index (κ1) is 18.3. The van der Waals surface area contributed by atoms with Gasteiger partial charge in [-0.15, -0.1) is 0 Å². The lowest BCUT2D eigenvalue weighted by atomic mass is 10.1. The van der Waals surface area contributed by atoms with Crippen LogP contribution in [0.15, 0.2) is 53.1 Å². The minimum Gasteiger partial charge on any atom is -0.345 e. The van der Waals surface area contributed by atoms with Crippen LogP contribution in [0.4, 0.5) is 5.13 Å². The van der Waals surface area contributed by atoms with E-state index >= 15 is 0 Å². The highest BCUT2D eigenvalue weighted by atomic mass is 32.1. The first-order valence-electron chi connectivity index (χ1n) is 9.92. The van der Waals surface area contributed by atoms with Crippen molar-refractivity contribution in [2.24, 2.45) is 0 Å². The van der Waals surface area contributed by atoms with Crippen molar-refractivity contribution in [1.82, 2.24) is 20.0 Å². The van der Waals surface area contributed by atoms with E-state index in [-0.39, 0.29) is 6.04 Å². The van der Waals surface area contributed by atoms with Gasteiger partial charge in [0.05, 0.1) is 16.3 Å². The Kier molecular flexibility index (Phi) is 4.77. The molecular weight excluding hydrogens is 382 g/mol. The minimum atomic E-state index is 0.0965. The van der Waals surface area contributed by atoms with Gasteiger partial charge in [0.15, 0.2) is 5.13 Å². The van der Waals surface area contributed by atoms with Crippen LogP contribution in [0.5, 0.6) is 0 Å². The van der Waals surface area contributed by atoms with Crippen molar-refractivity contribution < 1.29 is 4.52 Å². The molecule has 4 aromatic rings. The Morgan fingerprint density at radius 3 is 2.48 bits per heavy atom. The number of thiazole rings is 1. The first-order chi connectivity index (χ1) is 14.2. The molecule has 0 bridgehead atoms. The standard InChI is InChI=1S/C22H23N5OS/c1-15-7-9-17(10-8-15)20-24-21(28-25-20)16(2)26-11-13-27(14-12-26)22-23-18-5-3-4-6-19(18)29-22/h3-10,16H,11-14H2,1-2H3/t16-/m0/s1. The van der Waals surface area contributed by atoms with E-state index in [0.29, 0.717) is 11.7 Å². The van der Waals surface area contributed by atoms with E-state index < -0.39 is 0 Å². The average molecular weight is 406 g/mol. The summed E-state index contributed by atoms with van der Waals surface area (Å²) < 4.78 is 6.83. The Hall–Kier alpha value is -2.77. The van der Waals surface area contributed by atoms with E-state index in [9.17, 15) is 0 Å². The zero-order chi connectivity index (χ0) is 19.8. The number of para-hydroxylation sites is 1. The van der Waals surface area contributed by atoms with Gasteiger partial charge < -0.3 is 9.42 Å². The highest BCUT2D eigenvalue weighted by Gasteiger charge is 2.27. The molecule has 1 aliphatic heterocycles. The molecule has 1 aliphatic rings. The summed E-state index contributed by atoms with van der Waals surface area (Å²) in [5.41, 5.74) is 3.29. The van der Waals surface area contributed by atoms with E-state index in [4.69, 9.17) is 9.51 Å². The Balaban J connectivity index is 1.25. The van der Waals surface area contributed by atoms with E-state index in [1.807, 2.05) is 18.2 Å². The van der Waals surface area contributed by atoms with Gasteiger partial charge in [0.1, 0.15) is 0 Å². The van der Waals surface area contributed by atoms with Crippen molar-refractivity contribution in [2.75, 3.05) is 31.1 Å². The number of aromatic nitrogens is 3. The Morgan fingerprint density at radius 1 is 0.966 bits per heavy atom. The molecule has 0 N–H and O–H groups in total. The minimum absolute atomic E-state index is 0.0965. The molecule has 1 fully saturated rings. The van der Waals surface area contributed by atoms with Gasteiger partial charge in [-0.05, 0) is 26.0 Å². The molecule has 3 heterocycles. The summed E-state index contributed by atoms with van der Waals surface area (Å²) >= 11 is 1.77. The lowest BCUT2D eigenvalue weighted by Crippen LogP contribution is -2.47. The molecule has 148 valence electrons. The van der Waals surface area contributed by atoms with Gasteiger partial charge in [-0.25, -0.2) is 4.98 Å². The van der Waals surface area contributed by atoms with Gasteiger partial charge in [-0.2, -0.15) is 4.98 Å². The maximum absolute atomic E-state index is 5.59. The van der Waals surface area contributed by atoms with Crippen LogP contribution in [-0.4, -0.2) is 46.2 Å². The number of fused-ring (bicyclic) bond motifs is 1. The van der Waals surface area contributed by atoms with Gasteiger partial charge in [0.25, 0.3) is 0 Å². The van der Waals surface area contributed by atoms with Gasteiger partial charge in [-0.1, -0.05) is 58.5 Å². The Labute approximate surface area is 173 Å². The predicted molar refractivity (Wildman–Crippen MR) is 116 cm³/mol. The number of hydrogen-bond acceptors (Lipinski definition) is 7. The van der Waals surface area contributed by atoms with Crippen LogP contribution in [-0.2, 0) is 0 Å². The fourth-order valence-electron chi connectivity index (χ4n) is 3.68. The Morgan fingerprint density at radius 2 is 1.72 bits per heavy atom. The monoisotopic (exact) mass is 405 g/mol. The molecule has 0 saturated carbocycles. The van der Waals surface area contributed by atoms with Crippen LogP contribution in [0.25, 0.3) is 21.6 Å². The molecule has 5 rings (SSSR count). The molecular formula is C22H23N5OS. The summed E-state index contributed by atoms with van der Waals surface area (Å²) in [6.07, 6.45) is 0. The van der Waals surface area contributed by atoms with Gasteiger partial charge >= 0.3 is 0 Å². The van der Waals surface area contributed by atoms with Crippen LogP contribution in [0.2, 0.25) is 0 Å². The number of rotatable bonds is 4. The third-order valence-electron chi connectivity index (χ3n) is 5.52.